The van der Waals surface area contributed by atoms with Gasteiger partial charge in [0, 0.05) is 44.7 Å². The predicted octanol–water partition coefficient (Wildman–Crippen LogP) is 1.77. The van der Waals surface area contributed by atoms with Gasteiger partial charge in [-0.05, 0) is 40.0 Å². The molecular formula is C17H32IN7. The summed E-state index contributed by atoms with van der Waals surface area (Å²) in [6.45, 7) is 11.5. The lowest BCUT2D eigenvalue weighted by molar-refractivity contribution is 0.167. The number of likely N-dealkylation sites (tertiary alicyclic amines) is 1. The van der Waals surface area contributed by atoms with Gasteiger partial charge in [0.1, 0.15) is 12.4 Å². The monoisotopic (exact) mass is 461 g/mol. The number of aromatic nitrogens is 3. The molecule has 0 aliphatic carbocycles. The summed E-state index contributed by atoms with van der Waals surface area (Å²) in [5.74, 6) is 2.99. The van der Waals surface area contributed by atoms with Gasteiger partial charge in [-0.1, -0.05) is 0 Å². The van der Waals surface area contributed by atoms with Gasteiger partial charge in [0.25, 0.3) is 0 Å². The van der Waals surface area contributed by atoms with E-state index in [4.69, 9.17) is 4.99 Å². The second-order valence-corrected chi connectivity index (χ2v) is 7.03. The second kappa shape index (κ2) is 9.70. The molecule has 3 heterocycles. The Balaban J connectivity index is 0.00000225. The Morgan fingerprint density at radius 2 is 2.00 bits per heavy atom. The summed E-state index contributed by atoms with van der Waals surface area (Å²) < 4.78 is 2.22. The molecular weight excluding hydrogens is 429 g/mol. The Kier molecular flexibility index (Phi) is 7.92. The summed E-state index contributed by atoms with van der Waals surface area (Å²) in [7, 11) is 0. The number of aryl methyl sites for hydroxylation is 1. The minimum Gasteiger partial charge on any atom is -0.357 e. The molecule has 1 aromatic rings. The Hall–Kier alpha value is -0.900. The van der Waals surface area contributed by atoms with Gasteiger partial charge in [0.15, 0.2) is 11.8 Å². The molecule has 1 saturated heterocycles. The summed E-state index contributed by atoms with van der Waals surface area (Å²) in [5.41, 5.74) is 0. The summed E-state index contributed by atoms with van der Waals surface area (Å²) in [6.07, 6.45) is 4.56. The molecule has 2 aliphatic heterocycles. The lowest BCUT2D eigenvalue weighted by Gasteiger charge is -2.35. The number of hydrogen-bond donors (Lipinski definition) is 2. The largest absolute Gasteiger partial charge is 0.357 e. The zero-order valence-corrected chi connectivity index (χ0v) is 18.0. The highest BCUT2D eigenvalue weighted by Crippen LogP contribution is 2.15. The first-order valence-corrected chi connectivity index (χ1v) is 9.37. The average molecular weight is 461 g/mol. The number of guanidine groups is 1. The molecule has 0 spiro atoms. The van der Waals surface area contributed by atoms with Gasteiger partial charge in [-0.3, -0.25) is 0 Å². The summed E-state index contributed by atoms with van der Waals surface area (Å²) in [5, 5.41) is 15.5. The minimum atomic E-state index is 0. The first-order chi connectivity index (χ1) is 11.7. The molecule has 25 heavy (non-hydrogen) atoms. The van der Waals surface area contributed by atoms with Crippen molar-refractivity contribution in [3.63, 3.8) is 0 Å². The lowest BCUT2D eigenvalue weighted by Crippen LogP contribution is -2.49. The zero-order chi connectivity index (χ0) is 16.9. The Labute approximate surface area is 168 Å². The number of rotatable bonds is 5. The topological polar surface area (TPSA) is 70.4 Å². The molecule has 0 bridgehead atoms. The predicted molar refractivity (Wildman–Crippen MR) is 111 cm³/mol. The molecule has 2 aliphatic rings. The molecule has 3 rings (SSSR count). The van der Waals surface area contributed by atoms with Gasteiger partial charge >= 0.3 is 0 Å². The van der Waals surface area contributed by atoms with Crippen LogP contribution < -0.4 is 10.6 Å². The zero-order valence-electron chi connectivity index (χ0n) is 15.7. The summed E-state index contributed by atoms with van der Waals surface area (Å²) in [4.78, 5) is 7.28. The third kappa shape index (κ3) is 5.29. The van der Waals surface area contributed by atoms with E-state index in [1.807, 2.05) is 0 Å². The molecule has 0 unspecified atom stereocenters. The maximum atomic E-state index is 4.74. The standard InChI is InChI=1S/C17H31N7.HI/c1-4-18-17(20-14-7-10-23(11-8-14)13(2)3)19-12-16-22-21-15-6-5-9-24(15)16;/h13-14H,4-12H2,1-3H3,(H2,18,19,20);1H. The van der Waals surface area contributed by atoms with Crippen LogP contribution >= 0.6 is 24.0 Å². The van der Waals surface area contributed by atoms with Gasteiger partial charge in [-0.25, -0.2) is 4.99 Å². The van der Waals surface area contributed by atoms with Crippen molar-refractivity contribution >= 4 is 29.9 Å². The van der Waals surface area contributed by atoms with Crippen molar-refractivity contribution in [2.75, 3.05) is 19.6 Å². The number of aliphatic imine (C=N–C) groups is 1. The van der Waals surface area contributed by atoms with Gasteiger partial charge in [0.05, 0.1) is 0 Å². The van der Waals surface area contributed by atoms with Gasteiger partial charge in [-0.2, -0.15) is 0 Å². The number of nitrogens with one attached hydrogen (secondary N) is 2. The van der Waals surface area contributed by atoms with E-state index in [1.54, 1.807) is 0 Å². The molecule has 8 heteroatoms. The fraction of sp³-hybridized carbons (Fsp3) is 0.824. The van der Waals surface area contributed by atoms with E-state index >= 15 is 0 Å². The van der Waals surface area contributed by atoms with Crippen molar-refractivity contribution < 1.29 is 0 Å². The van der Waals surface area contributed by atoms with Crippen molar-refractivity contribution in [3.05, 3.63) is 11.6 Å². The molecule has 0 saturated carbocycles. The molecule has 1 fully saturated rings. The molecule has 2 N–H and O–H groups in total. The normalized spacial score (nSPS) is 19.0. The maximum Gasteiger partial charge on any atom is 0.191 e. The first-order valence-electron chi connectivity index (χ1n) is 9.37. The first kappa shape index (κ1) is 20.4. The third-order valence-electron chi connectivity index (χ3n) is 5.01. The quantitative estimate of drug-likeness (QED) is 0.398. The molecule has 0 radical (unpaired) electrons. The SMILES string of the molecule is CCNC(=NCc1nnc2n1CCC2)NC1CCN(C(C)C)CC1.I. The Morgan fingerprint density at radius 1 is 1.24 bits per heavy atom. The van der Waals surface area contributed by atoms with Crippen LogP contribution in [0.2, 0.25) is 0 Å². The van der Waals surface area contributed by atoms with E-state index in [0.717, 1.165) is 50.2 Å². The highest BCUT2D eigenvalue weighted by atomic mass is 127. The third-order valence-corrected chi connectivity index (χ3v) is 5.01. The van der Waals surface area contributed by atoms with Crippen molar-refractivity contribution in [1.29, 1.82) is 0 Å². The van der Waals surface area contributed by atoms with Crippen LogP contribution in [-0.2, 0) is 19.5 Å². The van der Waals surface area contributed by atoms with Crippen LogP contribution in [0.3, 0.4) is 0 Å². The van der Waals surface area contributed by atoms with E-state index in [-0.39, 0.29) is 24.0 Å². The van der Waals surface area contributed by atoms with Gasteiger partial charge in [0.2, 0.25) is 0 Å². The van der Waals surface area contributed by atoms with Gasteiger partial charge in [-0.15, -0.1) is 34.2 Å². The molecule has 142 valence electrons. The highest BCUT2D eigenvalue weighted by molar-refractivity contribution is 14.0. The van der Waals surface area contributed by atoms with Crippen LogP contribution in [0.4, 0.5) is 0 Å². The van der Waals surface area contributed by atoms with Crippen LogP contribution in [0.1, 0.15) is 51.7 Å². The van der Waals surface area contributed by atoms with Crippen molar-refractivity contribution in [2.24, 2.45) is 4.99 Å². The number of halogens is 1. The number of fused-ring (bicyclic) bond motifs is 1. The van der Waals surface area contributed by atoms with Crippen molar-refractivity contribution in [1.82, 2.24) is 30.3 Å². The van der Waals surface area contributed by atoms with E-state index in [2.05, 4.69) is 51.1 Å². The Morgan fingerprint density at radius 3 is 2.68 bits per heavy atom. The molecule has 0 atom stereocenters. The van der Waals surface area contributed by atoms with Crippen LogP contribution in [0, 0.1) is 0 Å². The van der Waals surface area contributed by atoms with Crippen LogP contribution in [0.5, 0.6) is 0 Å². The average Bonchev–Trinajstić information content (AvgIpc) is 3.17. The summed E-state index contributed by atoms with van der Waals surface area (Å²) in [6, 6.07) is 1.14. The van der Waals surface area contributed by atoms with E-state index in [9.17, 15) is 0 Å². The van der Waals surface area contributed by atoms with Gasteiger partial charge < -0.3 is 20.1 Å². The molecule has 7 nitrogen and oxygen atoms in total. The molecule has 1 aromatic heterocycles. The van der Waals surface area contributed by atoms with E-state index in [1.165, 1.54) is 19.3 Å². The highest BCUT2D eigenvalue weighted by Gasteiger charge is 2.21. The molecule has 0 amide bonds. The second-order valence-electron chi connectivity index (χ2n) is 7.03. The van der Waals surface area contributed by atoms with Crippen molar-refractivity contribution in [2.45, 2.75) is 71.6 Å². The van der Waals surface area contributed by atoms with Crippen molar-refractivity contribution in [3.8, 4) is 0 Å². The maximum absolute atomic E-state index is 4.74. The van der Waals surface area contributed by atoms with E-state index in [0.29, 0.717) is 18.6 Å². The van der Waals surface area contributed by atoms with Crippen LogP contribution in [0.25, 0.3) is 0 Å². The van der Waals surface area contributed by atoms with Crippen LogP contribution in [0.15, 0.2) is 4.99 Å². The Bertz CT molecular complexity index is 561. The minimum absolute atomic E-state index is 0. The lowest BCUT2D eigenvalue weighted by atomic mass is 10.0. The smallest absolute Gasteiger partial charge is 0.191 e. The fourth-order valence-electron chi connectivity index (χ4n) is 3.55. The van der Waals surface area contributed by atoms with E-state index < -0.39 is 0 Å². The summed E-state index contributed by atoms with van der Waals surface area (Å²) >= 11 is 0. The van der Waals surface area contributed by atoms with Crippen LogP contribution in [-0.4, -0.2) is 57.3 Å². The number of hydrogen-bond acceptors (Lipinski definition) is 4. The molecule has 0 aromatic carbocycles. The number of nitrogens with zero attached hydrogens (tertiary/aromatic N) is 5. The number of piperidine rings is 1. The fourth-order valence-corrected chi connectivity index (χ4v) is 3.55.